The van der Waals surface area contributed by atoms with Crippen LogP contribution in [0.1, 0.15) is 10.4 Å². The standard InChI is InChI=1S/C9H7BrF2O2/c1-14-9-6(12)3-2-5(11)8(9)7(13)4-10/h2-3H,4H2,1H3. The number of ketones is 1. The number of carbonyl (C=O) groups excluding carboxylic acids is 1. The van der Waals surface area contributed by atoms with Gasteiger partial charge in [-0.1, -0.05) is 15.9 Å². The van der Waals surface area contributed by atoms with E-state index in [-0.39, 0.29) is 16.6 Å². The molecule has 0 saturated carbocycles. The molecule has 0 unspecified atom stereocenters. The molecule has 0 atom stereocenters. The van der Waals surface area contributed by atoms with E-state index in [2.05, 4.69) is 20.7 Å². The van der Waals surface area contributed by atoms with Gasteiger partial charge >= 0.3 is 0 Å². The molecule has 0 aliphatic rings. The van der Waals surface area contributed by atoms with Crippen molar-refractivity contribution in [2.45, 2.75) is 0 Å². The van der Waals surface area contributed by atoms with Crippen LogP contribution in [0, 0.1) is 11.6 Å². The third-order valence-electron chi connectivity index (χ3n) is 1.66. The number of carbonyl (C=O) groups is 1. The molecule has 1 aromatic carbocycles. The van der Waals surface area contributed by atoms with Gasteiger partial charge < -0.3 is 4.74 Å². The zero-order valence-corrected chi connectivity index (χ0v) is 8.90. The molecule has 0 aromatic heterocycles. The molecule has 0 aliphatic carbocycles. The first-order valence-electron chi connectivity index (χ1n) is 3.73. The Hall–Kier alpha value is -0.970. The quantitative estimate of drug-likeness (QED) is 0.620. The van der Waals surface area contributed by atoms with E-state index >= 15 is 0 Å². The highest BCUT2D eigenvalue weighted by Crippen LogP contribution is 2.25. The lowest BCUT2D eigenvalue weighted by Gasteiger charge is -2.07. The van der Waals surface area contributed by atoms with E-state index in [1.165, 1.54) is 7.11 Å². The number of rotatable bonds is 3. The lowest BCUT2D eigenvalue weighted by atomic mass is 10.1. The minimum Gasteiger partial charge on any atom is -0.493 e. The Kier molecular flexibility index (Phi) is 3.57. The summed E-state index contributed by atoms with van der Waals surface area (Å²) in [6, 6.07) is 1.81. The van der Waals surface area contributed by atoms with Crippen molar-refractivity contribution in [1.29, 1.82) is 0 Å². The van der Waals surface area contributed by atoms with Crippen LogP contribution in [0.4, 0.5) is 8.78 Å². The zero-order valence-electron chi connectivity index (χ0n) is 7.31. The molecule has 0 spiro atoms. The fraction of sp³-hybridized carbons (Fsp3) is 0.222. The van der Waals surface area contributed by atoms with Crippen LogP contribution in [0.3, 0.4) is 0 Å². The molecular formula is C9H7BrF2O2. The largest absolute Gasteiger partial charge is 0.493 e. The SMILES string of the molecule is COc1c(F)ccc(F)c1C(=O)CBr. The van der Waals surface area contributed by atoms with Gasteiger partial charge in [-0.3, -0.25) is 4.79 Å². The van der Waals surface area contributed by atoms with Crippen LogP contribution in [0.15, 0.2) is 12.1 Å². The van der Waals surface area contributed by atoms with E-state index in [0.717, 1.165) is 12.1 Å². The zero-order chi connectivity index (χ0) is 10.7. The predicted molar refractivity (Wildman–Crippen MR) is 51.0 cm³/mol. The van der Waals surface area contributed by atoms with Crippen LogP contribution in [-0.2, 0) is 0 Å². The minimum atomic E-state index is -0.785. The molecule has 14 heavy (non-hydrogen) atoms. The maximum absolute atomic E-state index is 13.2. The molecule has 0 saturated heterocycles. The van der Waals surface area contributed by atoms with Gasteiger partial charge in [0.05, 0.1) is 18.0 Å². The second-order valence-electron chi connectivity index (χ2n) is 2.49. The van der Waals surface area contributed by atoms with E-state index in [0.29, 0.717) is 0 Å². The molecule has 0 bridgehead atoms. The fourth-order valence-corrected chi connectivity index (χ4v) is 1.34. The molecule has 0 amide bonds. The first-order valence-corrected chi connectivity index (χ1v) is 4.85. The molecule has 0 heterocycles. The average Bonchev–Trinajstić information content (AvgIpc) is 2.19. The lowest BCUT2D eigenvalue weighted by Crippen LogP contribution is -2.07. The molecule has 5 heteroatoms. The van der Waals surface area contributed by atoms with Gasteiger partial charge in [0.2, 0.25) is 0 Å². The van der Waals surface area contributed by atoms with Crippen LogP contribution in [0.5, 0.6) is 5.75 Å². The number of alkyl halides is 1. The summed E-state index contributed by atoms with van der Waals surface area (Å²) >= 11 is 2.88. The molecule has 1 rings (SSSR count). The number of ether oxygens (including phenoxy) is 1. The van der Waals surface area contributed by atoms with Gasteiger partial charge in [-0.05, 0) is 12.1 Å². The summed E-state index contributed by atoms with van der Waals surface area (Å²) < 4.78 is 30.9. The van der Waals surface area contributed by atoms with E-state index in [1.54, 1.807) is 0 Å². The Morgan fingerprint density at radius 2 is 2.00 bits per heavy atom. The third kappa shape index (κ3) is 1.92. The molecule has 1 aromatic rings. The second kappa shape index (κ2) is 4.50. The normalized spacial score (nSPS) is 10.0. The molecular weight excluding hydrogens is 258 g/mol. The van der Waals surface area contributed by atoms with Crippen LogP contribution in [-0.4, -0.2) is 18.2 Å². The van der Waals surface area contributed by atoms with Crippen LogP contribution in [0.25, 0.3) is 0 Å². The minimum absolute atomic E-state index is 0.0796. The summed E-state index contributed by atoms with van der Waals surface area (Å²) in [5, 5.41) is -0.0796. The molecule has 0 aliphatic heterocycles. The molecule has 0 fully saturated rings. The van der Waals surface area contributed by atoms with Crippen molar-refractivity contribution in [2.75, 3.05) is 12.4 Å². The summed E-state index contributed by atoms with van der Waals surface area (Å²) in [5.41, 5.74) is -0.357. The Bertz CT molecular complexity index is 366. The number of hydrogen-bond acceptors (Lipinski definition) is 2. The van der Waals surface area contributed by atoms with Gasteiger partial charge in [-0.15, -0.1) is 0 Å². The van der Waals surface area contributed by atoms with Gasteiger partial charge in [0, 0.05) is 0 Å². The average molecular weight is 265 g/mol. The topological polar surface area (TPSA) is 26.3 Å². The summed E-state index contributed by atoms with van der Waals surface area (Å²) in [6.45, 7) is 0. The molecule has 76 valence electrons. The van der Waals surface area contributed by atoms with Crippen molar-refractivity contribution in [2.24, 2.45) is 0 Å². The first-order chi connectivity index (χ1) is 6.61. The van der Waals surface area contributed by atoms with Gasteiger partial charge in [-0.25, -0.2) is 8.78 Å². The second-order valence-corrected chi connectivity index (χ2v) is 3.05. The van der Waals surface area contributed by atoms with E-state index in [1.807, 2.05) is 0 Å². The van der Waals surface area contributed by atoms with Crippen molar-refractivity contribution in [1.82, 2.24) is 0 Å². The van der Waals surface area contributed by atoms with Gasteiger partial charge in [0.25, 0.3) is 0 Å². The highest BCUT2D eigenvalue weighted by molar-refractivity contribution is 9.09. The summed E-state index contributed by atoms with van der Waals surface area (Å²) in [4.78, 5) is 11.2. The Morgan fingerprint density at radius 3 is 2.50 bits per heavy atom. The number of Topliss-reactive ketones (excluding diaryl/α,β-unsaturated/α-hetero) is 1. The summed E-state index contributed by atoms with van der Waals surface area (Å²) in [6.07, 6.45) is 0. The van der Waals surface area contributed by atoms with Crippen molar-refractivity contribution in [3.63, 3.8) is 0 Å². The summed E-state index contributed by atoms with van der Waals surface area (Å²) in [5.74, 6) is -2.45. The van der Waals surface area contributed by atoms with E-state index in [9.17, 15) is 13.6 Å². The Morgan fingerprint density at radius 1 is 1.43 bits per heavy atom. The number of benzene rings is 1. The van der Waals surface area contributed by atoms with E-state index < -0.39 is 17.4 Å². The van der Waals surface area contributed by atoms with Gasteiger partial charge in [-0.2, -0.15) is 0 Å². The van der Waals surface area contributed by atoms with Crippen LogP contribution >= 0.6 is 15.9 Å². The van der Waals surface area contributed by atoms with Crippen molar-refractivity contribution in [3.8, 4) is 5.75 Å². The highest BCUT2D eigenvalue weighted by atomic mass is 79.9. The predicted octanol–water partition coefficient (Wildman–Crippen LogP) is 2.55. The maximum Gasteiger partial charge on any atom is 0.180 e. The Balaban J connectivity index is 3.37. The molecule has 0 N–H and O–H groups in total. The van der Waals surface area contributed by atoms with Crippen molar-refractivity contribution in [3.05, 3.63) is 29.3 Å². The monoisotopic (exact) mass is 264 g/mol. The number of hydrogen-bond donors (Lipinski definition) is 0. The molecule has 0 radical (unpaired) electrons. The van der Waals surface area contributed by atoms with Gasteiger partial charge in [0.1, 0.15) is 5.82 Å². The molecule has 2 nitrogen and oxygen atoms in total. The maximum atomic E-state index is 13.2. The number of halogens is 3. The van der Waals surface area contributed by atoms with Crippen LogP contribution < -0.4 is 4.74 Å². The number of methoxy groups -OCH3 is 1. The lowest BCUT2D eigenvalue weighted by molar-refractivity contribution is 0.101. The third-order valence-corrected chi connectivity index (χ3v) is 2.17. The fourth-order valence-electron chi connectivity index (χ4n) is 1.06. The highest BCUT2D eigenvalue weighted by Gasteiger charge is 2.19. The first kappa shape index (κ1) is 11.1. The van der Waals surface area contributed by atoms with Crippen molar-refractivity contribution < 1.29 is 18.3 Å². The smallest absolute Gasteiger partial charge is 0.180 e. The Labute approximate surface area is 88.0 Å². The van der Waals surface area contributed by atoms with E-state index in [4.69, 9.17) is 0 Å². The van der Waals surface area contributed by atoms with Gasteiger partial charge in [0.15, 0.2) is 17.3 Å². The summed E-state index contributed by atoms with van der Waals surface area (Å²) in [7, 11) is 1.18. The van der Waals surface area contributed by atoms with Crippen molar-refractivity contribution >= 4 is 21.7 Å². The van der Waals surface area contributed by atoms with Crippen LogP contribution in [0.2, 0.25) is 0 Å².